The van der Waals surface area contributed by atoms with Crippen LogP contribution in [0.15, 0.2) is 28.7 Å². The van der Waals surface area contributed by atoms with Crippen LogP contribution < -0.4 is 9.74 Å². The number of hydrogen-bond donors (Lipinski definition) is 2. The Morgan fingerprint density at radius 3 is 2.72 bits per heavy atom. The van der Waals surface area contributed by atoms with Gasteiger partial charge in [0.2, 0.25) is 31.6 Å². The summed E-state index contributed by atoms with van der Waals surface area (Å²) in [4.78, 5) is 12.0. The van der Waals surface area contributed by atoms with Crippen molar-refractivity contribution in [2.24, 2.45) is 0 Å². The fraction of sp³-hybridized carbons (Fsp3) is 0.353. The van der Waals surface area contributed by atoms with Gasteiger partial charge in [-0.2, -0.15) is 0 Å². The Hall–Kier alpha value is -1.80. The highest BCUT2D eigenvalue weighted by Gasteiger charge is 2.28. The van der Waals surface area contributed by atoms with Crippen molar-refractivity contribution in [2.45, 2.75) is 32.5 Å². The Morgan fingerprint density at radius 1 is 1.40 bits per heavy atom. The lowest BCUT2D eigenvalue weighted by Crippen LogP contribution is -2.29. The standard InChI is InChI=1S/C17H21BrFNO4Si/c1-25(2,3)24-16-14(22)15(11-6-4-7-12(19)10-11)23-17(16)20-13(21)8-5-9-18/h4,6-7,10,22H,5,8-9H2,1-3H3,(H,20,21). The quantitative estimate of drug-likeness (QED) is 0.473. The van der Waals surface area contributed by atoms with Gasteiger partial charge in [-0.15, -0.1) is 0 Å². The Labute approximate surface area is 155 Å². The summed E-state index contributed by atoms with van der Waals surface area (Å²) in [6.07, 6.45) is 0.966. The first-order valence-electron chi connectivity index (χ1n) is 7.88. The van der Waals surface area contributed by atoms with E-state index in [1.54, 1.807) is 6.07 Å². The highest BCUT2D eigenvalue weighted by molar-refractivity contribution is 9.09. The molecule has 0 aliphatic rings. The number of anilines is 1. The van der Waals surface area contributed by atoms with E-state index < -0.39 is 14.1 Å². The van der Waals surface area contributed by atoms with Gasteiger partial charge in [-0.05, 0) is 38.2 Å². The van der Waals surface area contributed by atoms with Crippen molar-refractivity contribution in [1.82, 2.24) is 0 Å². The van der Waals surface area contributed by atoms with Crippen molar-refractivity contribution in [3.8, 4) is 22.8 Å². The molecule has 1 amide bonds. The highest BCUT2D eigenvalue weighted by atomic mass is 79.9. The van der Waals surface area contributed by atoms with Gasteiger partial charge in [0.25, 0.3) is 0 Å². The van der Waals surface area contributed by atoms with Crippen LogP contribution in [0.1, 0.15) is 12.8 Å². The number of amides is 1. The Kier molecular flexibility index (Phi) is 6.29. The highest BCUT2D eigenvalue weighted by Crippen LogP contribution is 2.47. The average molecular weight is 430 g/mol. The van der Waals surface area contributed by atoms with Gasteiger partial charge in [0, 0.05) is 17.3 Å². The van der Waals surface area contributed by atoms with Gasteiger partial charge < -0.3 is 13.9 Å². The smallest absolute Gasteiger partial charge is 0.245 e. The molecule has 0 radical (unpaired) electrons. The number of aromatic hydroxyl groups is 1. The van der Waals surface area contributed by atoms with Gasteiger partial charge in [-0.3, -0.25) is 10.1 Å². The molecule has 0 aliphatic carbocycles. The summed E-state index contributed by atoms with van der Waals surface area (Å²) in [5.41, 5.74) is 0.360. The largest absolute Gasteiger partial charge is 0.538 e. The molecule has 0 unspecified atom stereocenters. The van der Waals surface area contributed by atoms with Gasteiger partial charge >= 0.3 is 0 Å². The minimum absolute atomic E-state index is 0.0405. The molecular weight excluding hydrogens is 409 g/mol. The van der Waals surface area contributed by atoms with Crippen LogP contribution in [-0.4, -0.2) is 24.7 Å². The van der Waals surface area contributed by atoms with E-state index in [1.807, 2.05) is 19.6 Å². The number of benzene rings is 1. The zero-order valence-electron chi connectivity index (χ0n) is 14.4. The average Bonchev–Trinajstić information content (AvgIpc) is 2.80. The Bertz CT molecular complexity index is 758. The molecule has 8 heteroatoms. The van der Waals surface area contributed by atoms with E-state index in [0.717, 1.165) is 0 Å². The molecule has 2 N–H and O–H groups in total. The summed E-state index contributed by atoms with van der Waals surface area (Å²) in [6.45, 7) is 5.83. The van der Waals surface area contributed by atoms with E-state index in [0.29, 0.717) is 23.7 Å². The molecule has 1 aromatic carbocycles. The summed E-state index contributed by atoms with van der Waals surface area (Å²) in [5, 5.41) is 13.9. The normalized spacial score (nSPS) is 11.4. The summed E-state index contributed by atoms with van der Waals surface area (Å²) in [6, 6.07) is 5.66. The number of halogens is 2. The first-order valence-corrected chi connectivity index (χ1v) is 12.4. The monoisotopic (exact) mass is 429 g/mol. The van der Waals surface area contributed by atoms with Gasteiger partial charge in [-0.1, -0.05) is 28.1 Å². The maximum absolute atomic E-state index is 13.5. The zero-order valence-corrected chi connectivity index (χ0v) is 16.9. The molecule has 2 aromatic rings. The first-order chi connectivity index (χ1) is 11.7. The molecule has 0 atom stereocenters. The lowest BCUT2D eigenvalue weighted by Gasteiger charge is -2.18. The van der Waals surface area contributed by atoms with Crippen LogP contribution in [0, 0.1) is 5.82 Å². The van der Waals surface area contributed by atoms with Gasteiger partial charge in [0.1, 0.15) is 5.82 Å². The topological polar surface area (TPSA) is 71.7 Å². The number of carbonyl (C=O) groups excluding carboxylic acids is 1. The molecule has 0 fully saturated rings. The van der Waals surface area contributed by atoms with E-state index in [-0.39, 0.29) is 29.1 Å². The molecule has 25 heavy (non-hydrogen) atoms. The van der Waals surface area contributed by atoms with Crippen LogP contribution in [0.4, 0.5) is 10.3 Å². The van der Waals surface area contributed by atoms with Gasteiger partial charge in [0.15, 0.2) is 5.76 Å². The van der Waals surface area contributed by atoms with Crippen LogP contribution in [0.3, 0.4) is 0 Å². The lowest BCUT2D eigenvalue weighted by molar-refractivity contribution is -0.116. The molecule has 0 spiro atoms. The van der Waals surface area contributed by atoms with Gasteiger partial charge in [0.05, 0.1) is 0 Å². The van der Waals surface area contributed by atoms with Crippen LogP contribution in [0.5, 0.6) is 11.5 Å². The van der Waals surface area contributed by atoms with E-state index in [2.05, 4.69) is 21.2 Å². The predicted molar refractivity (Wildman–Crippen MR) is 101 cm³/mol. The van der Waals surface area contributed by atoms with Crippen molar-refractivity contribution < 1.29 is 23.1 Å². The number of rotatable bonds is 7. The minimum Gasteiger partial charge on any atom is -0.538 e. The molecule has 2 rings (SSSR count). The Morgan fingerprint density at radius 2 is 2.12 bits per heavy atom. The van der Waals surface area contributed by atoms with Crippen LogP contribution in [0.2, 0.25) is 19.6 Å². The first kappa shape index (κ1) is 19.5. The molecule has 1 heterocycles. The summed E-state index contributed by atoms with van der Waals surface area (Å²) < 4.78 is 25.0. The molecule has 5 nitrogen and oxygen atoms in total. The van der Waals surface area contributed by atoms with Crippen LogP contribution in [0.25, 0.3) is 11.3 Å². The van der Waals surface area contributed by atoms with Crippen LogP contribution >= 0.6 is 15.9 Å². The van der Waals surface area contributed by atoms with E-state index in [1.165, 1.54) is 18.2 Å². The fourth-order valence-corrected chi connectivity index (χ4v) is 3.21. The molecule has 0 bridgehead atoms. The number of nitrogens with one attached hydrogen (secondary N) is 1. The van der Waals surface area contributed by atoms with Crippen molar-refractivity contribution in [1.29, 1.82) is 0 Å². The van der Waals surface area contributed by atoms with Crippen molar-refractivity contribution in [3.63, 3.8) is 0 Å². The third-order valence-electron chi connectivity index (χ3n) is 3.13. The van der Waals surface area contributed by atoms with E-state index in [9.17, 15) is 14.3 Å². The molecule has 0 saturated carbocycles. The third kappa shape index (κ3) is 5.33. The van der Waals surface area contributed by atoms with Crippen LogP contribution in [-0.2, 0) is 4.79 Å². The minimum atomic E-state index is -2.09. The van der Waals surface area contributed by atoms with E-state index in [4.69, 9.17) is 8.84 Å². The molecule has 1 aromatic heterocycles. The molecular formula is C17H21BrFNO4Si. The number of carbonyl (C=O) groups is 1. The fourth-order valence-electron chi connectivity index (χ4n) is 2.13. The maximum atomic E-state index is 13.5. The van der Waals surface area contributed by atoms with Crippen molar-refractivity contribution >= 4 is 36.0 Å². The number of furan rings is 1. The lowest BCUT2D eigenvalue weighted by atomic mass is 10.1. The second kappa shape index (κ2) is 8.05. The zero-order chi connectivity index (χ0) is 18.6. The van der Waals surface area contributed by atoms with Gasteiger partial charge in [-0.25, -0.2) is 4.39 Å². The van der Waals surface area contributed by atoms with Crippen molar-refractivity contribution in [2.75, 3.05) is 10.6 Å². The van der Waals surface area contributed by atoms with Crippen molar-refractivity contribution in [3.05, 3.63) is 30.1 Å². The molecule has 0 aliphatic heterocycles. The maximum Gasteiger partial charge on any atom is 0.245 e. The second-order valence-corrected chi connectivity index (χ2v) is 11.7. The number of hydrogen-bond acceptors (Lipinski definition) is 4. The predicted octanol–water partition coefficient (Wildman–Crippen LogP) is 5.12. The van der Waals surface area contributed by atoms with E-state index >= 15 is 0 Å². The number of alkyl halides is 1. The molecule has 0 saturated heterocycles. The summed E-state index contributed by atoms with van der Waals surface area (Å²) >= 11 is 3.27. The summed E-state index contributed by atoms with van der Waals surface area (Å²) in [7, 11) is -2.09. The SMILES string of the molecule is C[Si](C)(C)Oc1c(NC(=O)CCCBr)oc(-c2cccc(F)c2)c1O. The summed E-state index contributed by atoms with van der Waals surface area (Å²) in [5.74, 6) is -0.764. The molecule has 136 valence electrons. The second-order valence-electron chi connectivity index (χ2n) is 6.50. The Balaban J connectivity index is 2.42. The third-order valence-corrected chi connectivity index (χ3v) is 4.50.